The van der Waals surface area contributed by atoms with Crippen LogP contribution in [-0.4, -0.2) is 83.8 Å². The first-order valence-electron chi connectivity index (χ1n) is 25.7. The summed E-state index contributed by atoms with van der Waals surface area (Å²) in [4.78, 5) is 38.5. The highest BCUT2D eigenvalue weighted by molar-refractivity contribution is 7.47. The van der Waals surface area contributed by atoms with Crippen LogP contribution in [0.5, 0.6) is 0 Å². The summed E-state index contributed by atoms with van der Waals surface area (Å²) < 4.78 is 24.4. The Morgan fingerprint density at radius 3 is 0.983 bits per heavy atom. The van der Waals surface area contributed by atoms with Gasteiger partial charge in [-0.3, -0.25) is 18.6 Å². The summed E-state index contributed by atoms with van der Waals surface area (Å²) in [6.07, 6.45) is 41.4. The minimum absolute atomic E-state index is 0.0977. The lowest BCUT2D eigenvalue weighted by Gasteiger charge is -2.35. The number of nitrogens with zero attached hydrogens (tertiary/aromatic N) is 1. The Kier molecular flexibility index (Phi) is 39.4. The van der Waals surface area contributed by atoms with Gasteiger partial charge in [-0.05, 0) is 12.8 Å². The molecule has 0 aromatic heterocycles. The van der Waals surface area contributed by atoms with E-state index in [1.54, 1.807) is 0 Å². The molecule has 60 heavy (non-hydrogen) atoms. The Bertz CT molecular complexity index is 982. The number of rotatable bonds is 48. The molecule has 0 aromatic rings. The van der Waals surface area contributed by atoms with Crippen molar-refractivity contribution < 1.29 is 42.8 Å². The maximum Gasteiger partial charge on any atom is 0.473 e. The van der Waals surface area contributed by atoms with Crippen LogP contribution in [0.25, 0.3) is 0 Å². The molecule has 0 aliphatic carbocycles. The van der Waals surface area contributed by atoms with E-state index >= 15 is 0 Å². The molecule has 358 valence electrons. The Balaban J connectivity index is 4.73. The largest absolute Gasteiger partial charge is 0.473 e. The fraction of sp³-hybridized carbons (Fsp3) is 0.960. The van der Waals surface area contributed by atoms with Crippen molar-refractivity contribution in [2.45, 2.75) is 270 Å². The molecule has 0 rings (SSSR count). The lowest BCUT2D eigenvalue weighted by Crippen LogP contribution is -2.58. The second kappa shape index (κ2) is 39.9. The Morgan fingerprint density at radius 1 is 0.500 bits per heavy atom. The first-order valence-corrected chi connectivity index (χ1v) is 27.2. The van der Waals surface area contributed by atoms with Gasteiger partial charge in [0.25, 0.3) is 0 Å². The molecule has 1 unspecified atom stereocenters. The van der Waals surface area contributed by atoms with Crippen LogP contribution in [0.15, 0.2) is 0 Å². The maximum atomic E-state index is 13.9. The van der Waals surface area contributed by atoms with Gasteiger partial charge in [0.1, 0.15) is 19.3 Å². The molecular weight excluding hydrogens is 774 g/mol. The zero-order valence-corrected chi connectivity index (χ0v) is 41.2. The first-order chi connectivity index (χ1) is 28.9. The molecule has 0 saturated heterocycles. The summed E-state index contributed by atoms with van der Waals surface area (Å²) in [5.74, 6) is -1.53. The topological polar surface area (TPSA) is 130 Å². The van der Waals surface area contributed by atoms with Crippen LogP contribution >= 0.6 is 7.82 Å². The predicted molar refractivity (Wildman–Crippen MR) is 252 cm³/mol. The monoisotopic (exact) mass is 875 g/mol. The molecule has 3 N–H and O–H groups in total. The molecule has 0 aromatic carbocycles. The van der Waals surface area contributed by atoms with Crippen LogP contribution in [0.1, 0.15) is 258 Å². The number of carbonyl (C=O) groups is 2. The number of unbranched alkanes of at least 4 members (excludes halogenated alkanes) is 34. The highest BCUT2D eigenvalue weighted by Gasteiger charge is 2.55. The van der Waals surface area contributed by atoms with Crippen LogP contribution in [0.3, 0.4) is 0 Å². The van der Waals surface area contributed by atoms with Crippen molar-refractivity contribution in [3.8, 4) is 0 Å². The van der Waals surface area contributed by atoms with E-state index in [0.717, 1.165) is 51.4 Å². The zero-order chi connectivity index (χ0) is 44.6. The molecule has 0 amide bonds. The Labute approximate surface area is 371 Å². The average Bonchev–Trinajstić information content (AvgIpc) is 3.20. The molecule has 0 heterocycles. The second-order valence-corrected chi connectivity index (χ2v) is 20.6. The van der Waals surface area contributed by atoms with Crippen molar-refractivity contribution in [1.82, 2.24) is 0 Å². The molecule has 0 aliphatic rings. The molecule has 0 spiro atoms. The molecule has 0 saturated carbocycles. The summed E-state index contributed by atoms with van der Waals surface area (Å²) >= 11 is 0. The quantitative estimate of drug-likeness (QED) is 0.0238. The predicted octanol–water partition coefficient (Wildman–Crippen LogP) is 13.9. The molecular formula is C50H101NO8P+. The average molecular weight is 875 g/mol. The summed E-state index contributed by atoms with van der Waals surface area (Å²) in [6, 6.07) is 0. The van der Waals surface area contributed by atoms with Gasteiger partial charge in [-0.15, -0.1) is 0 Å². The third-order valence-electron chi connectivity index (χ3n) is 12.3. The van der Waals surface area contributed by atoms with E-state index in [1.807, 2.05) is 21.1 Å². The maximum absolute atomic E-state index is 13.9. The van der Waals surface area contributed by atoms with Crippen LogP contribution in [0, 0.1) is 0 Å². The molecule has 10 heteroatoms. The number of ketones is 2. The van der Waals surface area contributed by atoms with Crippen molar-refractivity contribution >= 4 is 19.4 Å². The van der Waals surface area contributed by atoms with Gasteiger partial charge in [-0.2, -0.15) is 0 Å². The first kappa shape index (κ1) is 59.3. The number of phosphoric ester groups is 1. The smallest absolute Gasteiger partial charge is 0.394 e. The van der Waals surface area contributed by atoms with Crippen molar-refractivity contribution in [2.75, 3.05) is 40.9 Å². The number of Topliss-reactive ketones (excluding diaryl/α,β-unsaturated/α-hetero) is 2. The number of likely N-dealkylation sites (N-methyl/N-ethyl adjacent to an activating group) is 1. The van der Waals surface area contributed by atoms with Gasteiger partial charge in [0.2, 0.25) is 5.60 Å². The van der Waals surface area contributed by atoms with Crippen LogP contribution in [-0.2, 0) is 23.2 Å². The van der Waals surface area contributed by atoms with Gasteiger partial charge >= 0.3 is 7.82 Å². The standard InChI is InChI=1S/C50H100NO8P/c1-6-8-10-12-14-16-18-20-22-24-26-28-30-32-34-36-38-40-42-47(53)50(49(55)46-52,59-60(56,57)58-45-44-51(3,4)5)48(54)43-41-39-37-35-33-31-29-27-25-23-21-19-17-15-13-11-9-7-2/h49,52,55H,6-46H2,1-5H3/p+1/t49-/m0/s1. The fourth-order valence-corrected chi connectivity index (χ4v) is 9.26. The van der Waals surface area contributed by atoms with Gasteiger partial charge in [-0.25, -0.2) is 4.57 Å². The number of hydrogen-bond donors (Lipinski definition) is 3. The van der Waals surface area contributed by atoms with Gasteiger partial charge in [0.15, 0.2) is 11.6 Å². The second-order valence-electron chi connectivity index (χ2n) is 19.2. The van der Waals surface area contributed by atoms with E-state index in [9.17, 15) is 29.3 Å². The molecule has 9 nitrogen and oxygen atoms in total. The number of carbonyl (C=O) groups excluding carboxylic acids is 2. The summed E-state index contributed by atoms with van der Waals surface area (Å²) in [5.41, 5.74) is -2.65. The number of hydrogen-bond acceptors (Lipinski definition) is 7. The van der Waals surface area contributed by atoms with Crippen LogP contribution < -0.4 is 0 Å². The number of aliphatic hydroxyl groups excluding tert-OH is 2. The van der Waals surface area contributed by atoms with Crippen molar-refractivity contribution in [2.24, 2.45) is 0 Å². The highest BCUT2D eigenvalue weighted by Crippen LogP contribution is 2.49. The molecule has 0 aliphatic heterocycles. The lowest BCUT2D eigenvalue weighted by molar-refractivity contribution is -0.870. The van der Waals surface area contributed by atoms with E-state index in [1.165, 1.54) is 167 Å². The van der Waals surface area contributed by atoms with Gasteiger partial charge in [0.05, 0.1) is 27.7 Å². The summed E-state index contributed by atoms with van der Waals surface area (Å²) in [6.45, 7) is 3.80. The SMILES string of the molecule is CCCCCCCCCCCCCCCCCCCCC(=O)C(OP(=O)(O)OCC[N+](C)(C)C)(C(=O)CCCCCCCCCCCCCCCCCCCC)[C@@H](O)CO. The molecule has 0 fully saturated rings. The number of quaternary nitrogens is 1. The minimum atomic E-state index is -4.95. The highest BCUT2D eigenvalue weighted by atomic mass is 31.2. The third kappa shape index (κ3) is 33.8. The van der Waals surface area contributed by atoms with Gasteiger partial charge < -0.3 is 19.6 Å². The summed E-state index contributed by atoms with van der Waals surface area (Å²) in [7, 11) is 0.748. The van der Waals surface area contributed by atoms with E-state index in [4.69, 9.17) is 9.05 Å². The van der Waals surface area contributed by atoms with Crippen LogP contribution in [0.4, 0.5) is 0 Å². The van der Waals surface area contributed by atoms with Crippen molar-refractivity contribution in [3.63, 3.8) is 0 Å². The van der Waals surface area contributed by atoms with Crippen molar-refractivity contribution in [1.29, 1.82) is 0 Å². The third-order valence-corrected chi connectivity index (χ3v) is 13.3. The minimum Gasteiger partial charge on any atom is -0.394 e. The van der Waals surface area contributed by atoms with E-state index in [0.29, 0.717) is 23.9 Å². The van der Waals surface area contributed by atoms with Crippen LogP contribution in [0.2, 0.25) is 0 Å². The van der Waals surface area contributed by atoms with E-state index in [2.05, 4.69) is 13.8 Å². The van der Waals surface area contributed by atoms with Crippen molar-refractivity contribution in [3.05, 3.63) is 0 Å². The van der Waals surface area contributed by atoms with E-state index in [-0.39, 0.29) is 19.4 Å². The molecule has 2 atom stereocenters. The zero-order valence-electron chi connectivity index (χ0n) is 40.3. The fourth-order valence-electron chi connectivity index (χ4n) is 8.20. The van der Waals surface area contributed by atoms with Gasteiger partial charge in [0, 0.05) is 12.8 Å². The Hall–Kier alpha value is -0.670. The number of aliphatic hydroxyl groups is 2. The number of phosphoric acid groups is 1. The van der Waals surface area contributed by atoms with Gasteiger partial charge in [-0.1, -0.05) is 232 Å². The van der Waals surface area contributed by atoms with E-state index < -0.39 is 37.7 Å². The lowest BCUT2D eigenvalue weighted by atomic mass is 9.82. The summed E-state index contributed by atoms with van der Waals surface area (Å²) in [5, 5.41) is 21.1. The Morgan fingerprint density at radius 2 is 0.750 bits per heavy atom. The normalized spacial score (nSPS) is 13.8. The molecule has 0 bridgehead atoms. The molecule has 0 radical (unpaired) electrons.